The van der Waals surface area contributed by atoms with E-state index in [2.05, 4.69) is 26.8 Å². The third-order valence-electron chi connectivity index (χ3n) is 7.08. The SMILES string of the molecule is CCC1CCC2C(CCc3cc(O)ccc3C)CCCC12C.CO. The zero-order valence-electron chi connectivity index (χ0n) is 16.0. The monoisotopic (exact) mass is 332 g/mol. The second kappa shape index (κ2) is 8.38. The molecule has 0 bridgehead atoms. The third kappa shape index (κ3) is 3.79. The molecule has 3 rings (SSSR count). The fourth-order valence-corrected chi connectivity index (χ4v) is 5.74. The van der Waals surface area contributed by atoms with Crippen LogP contribution in [0.3, 0.4) is 0 Å². The van der Waals surface area contributed by atoms with Crippen molar-refractivity contribution in [1.82, 2.24) is 0 Å². The Hall–Kier alpha value is -1.02. The van der Waals surface area contributed by atoms with E-state index < -0.39 is 0 Å². The van der Waals surface area contributed by atoms with Crippen LogP contribution in [-0.4, -0.2) is 17.3 Å². The first-order valence-electron chi connectivity index (χ1n) is 9.77. The number of aryl methyl sites for hydroxylation is 2. The second-order valence-electron chi connectivity index (χ2n) is 8.10. The van der Waals surface area contributed by atoms with Crippen LogP contribution in [-0.2, 0) is 6.42 Å². The molecule has 2 heteroatoms. The zero-order valence-corrected chi connectivity index (χ0v) is 16.0. The smallest absolute Gasteiger partial charge is 0.115 e. The minimum atomic E-state index is 0.418. The number of aromatic hydroxyl groups is 1. The first-order valence-corrected chi connectivity index (χ1v) is 9.77. The van der Waals surface area contributed by atoms with Gasteiger partial charge in [-0.15, -0.1) is 0 Å². The highest BCUT2D eigenvalue weighted by atomic mass is 16.3. The Kier molecular flexibility index (Phi) is 6.74. The summed E-state index contributed by atoms with van der Waals surface area (Å²) in [7, 11) is 1.00. The molecule has 1 aromatic rings. The van der Waals surface area contributed by atoms with Gasteiger partial charge in [-0.25, -0.2) is 0 Å². The molecule has 2 aliphatic rings. The summed E-state index contributed by atoms with van der Waals surface area (Å²) < 4.78 is 0. The number of benzene rings is 1. The molecule has 0 radical (unpaired) electrons. The van der Waals surface area contributed by atoms with Crippen molar-refractivity contribution in [3.63, 3.8) is 0 Å². The molecular formula is C22H36O2. The van der Waals surface area contributed by atoms with Crippen molar-refractivity contribution >= 4 is 0 Å². The Morgan fingerprint density at radius 1 is 1.17 bits per heavy atom. The van der Waals surface area contributed by atoms with Crippen LogP contribution in [0.25, 0.3) is 0 Å². The molecule has 0 aromatic heterocycles. The lowest BCUT2D eigenvalue weighted by Gasteiger charge is -2.45. The predicted molar refractivity (Wildman–Crippen MR) is 101 cm³/mol. The Bertz CT molecular complexity index is 525. The van der Waals surface area contributed by atoms with Gasteiger partial charge in [0.1, 0.15) is 5.75 Å². The fourth-order valence-electron chi connectivity index (χ4n) is 5.74. The number of hydrogen-bond acceptors (Lipinski definition) is 2. The summed E-state index contributed by atoms with van der Waals surface area (Å²) in [4.78, 5) is 0. The molecule has 2 saturated carbocycles. The second-order valence-corrected chi connectivity index (χ2v) is 8.10. The maximum Gasteiger partial charge on any atom is 0.115 e. The lowest BCUT2D eigenvalue weighted by molar-refractivity contribution is 0.0463. The average molecular weight is 333 g/mol. The molecule has 2 N–H and O–H groups in total. The van der Waals surface area contributed by atoms with Crippen LogP contribution >= 0.6 is 0 Å². The number of hydrogen-bond donors (Lipinski definition) is 2. The van der Waals surface area contributed by atoms with Gasteiger partial charge in [0.2, 0.25) is 0 Å². The van der Waals surface area contributed by atoms with E-state index in [-0.39, 0.29) is 0 Å². The van der Waals surface area contributed by atoms with Crippen molar-refractivity contribution in [2.75, 3.05) is 7.11 Å². The number of aliphatic hydroxyl groups is 1. The minimum Gasteiger partial charge on any atom is -0.508 e. The Morgan fingerprint density at radius 2 is 1.92 bits per heavy atom. The number of rotatable bonds is 4. The van der Waals surface area contributed by atoms with Crippen LogP contribution < -0.4 is 0 Å². The van der Waals surface area contributed by atoms with Gasteiger partial charge in [0.25, 0.3) is 0 Å². The van der Waals surface area contributed by atoms with Gasteiger partial charge in [0.05, 0.1) is 0 Å². The molecule has 2 aliphatic carbocycles. The summed E-state index contributed by atoms with van der Waals surface area (Å²) in [6, 6.07) is 5.83. The summed E-state index contributed by atoms with van der Waals surface area (Å²) in [5.74, 6) is 3.23. The van der Waals surface area contributed by atoms with Gasteiger partial charge in [0.15, 0.2) is 0 Å². The third-order valence-corrected chi connectivity index (χ3v) is 7.08. The highest BCUT2D eigenvalue weighted by Gasteiger charge is 2.49. The molecule has 0 amide bonds. The van der Waals surface area contributed by atoms with Gasteiger partial charge >= 0.3 is 0 Å². The van der Waals surface area contributed by atoms with E-state index >= 15 is 0 Å². The maximum absolute atomic E-state index is 9.73. The van der Waals surface area contributed by atoms with Gasteiger partial charge in [-0.2, -0.15) is 0 Å². The zero-order chi connectivity index (χ0) is 17.7. The van der Waals surface area contributed by atoms with E-state index in [9.17, 15) is 5.11 Å². The van der Waals surface area contributed by atoms with Crippen molar-refractivity contribution in [3.05, 3.63) is 29.3 Å². The van der Waals surface area contributed by atoms with Gasteiger partial charge < -0.3 is 10.2 Å². The predicted octanol–water partition coefficient (Wildman–Crippen LogP) is 5.48. The lowest BCUT2D eigenvalue weighted by Crippen LogP contribution is -2.37. The first kappa shape index (κ1) is 19.3. The van der Waals surface area contributed by atoms with Gasteiger partial charge in [0, 0.05) is 7.11 Å². The standard InChI is InChI=1S/C21H32O.CH4O/c1-4-18-10-12-20-16(6-5-13-21(18,20)3)8-9-17-14-19(22)11-7-15(17)2;1-2/h7,11,14,16,18,20,22H,4-6,8-10,12-13H2,1-3H3;2H,1H3. The Morgan fingerprint density at radius 3 is 2.62 bits per heavy atom. The van der Waals surface area contributed by atoms with E-state index in [1.54, 1.807) is 6.07 Å². The van der Waals surface area contributed by atoms with Crippen molar-refractivity contribution in [2.24, 2.45) is 23.2 Å². The molecule has 0 aliphatic heterocycles. The van der Waals surface area contributed by atoms with Gasteiger partial charge in [-0.05, 0) is 85.5 Å². The molecule has 136 valence electrons. The lowest BCUT2D eigenvalue weighted by atomic mass is 9.60. The first-order chi connectivity index (χ1) is 11.5. The number of phenolic OH excluding ortho intramolecular Hbond substituents is 1. The maximum atomic E-state index is 9.73. The highest BCUT2D eigenvalue weighted by molar-refractivity contribution is 5.34. The average Bonchev–Trinajstić information content (AvgIpc) is 2.94. The fraction of sp³-hybridized carbons (Fsp3) is 0.727. The normalized spacial score (nSPS) is 32.0. The molecular weight excluding hydrogens is 296 g/mol. The molecule has 0 heterocycles. The van der Waals surface area contributed by atoms with E-state index in [0.717, 1.165) is 31.3 Å². The van der Waals surface area contributed by atoms with Crippen LogP contribution in [0.5, 0.6) is 5.75 Å². The van der Waals surface area contributed by atoms with Gasteiger partial charge in [-0.3, -0.25) is 0 Å². The molecule has 2 fully saturated rings. The number of phenols is 1. The number of fused-ring (bicyclic) bond motifs is 1. The van der Waals surface area contributed by atoms with E-state index in [1.807, 2.05) is 6.07 Å². The topological polar surface area (TPSA) is 40.5 Å². The minimum absolute atomic E-state index is 0.418. The molecule has 2 nitrogen and oxygen atoms in total. The van der Waals surface area contributed by atoms with E-state index in [0.29, 0.717) is 11.2 Å². The Labute approximate surface area is 148 Å². The quantitative estimate of drug-likeness (QED) is 0.766. The summed E-state index contributed by atoms with van der Waals surface area (Å²) in [6.07, 6.45) is 11.0. The Balaban J connectivity index is 0.00000100. The number of aliphatic hydroxyl groups excluding tert-OH is 1. The van der Waals surface area contributed by atoms with E-state index in [1.165, 1.54) is 56.1 Å². The highest BCUT2D eigenvalue weighted by Crippen LogP contribution is 2.59. The summed E-state index contributed by atoms with van der Waals surface area (Å²) in [6.45, 7) is 7.14. The molecule has 0 spiro atoms. The van der Waals surface area contributed by atoms with Crippen LogP contribution in [0.15, 0.2) is 18.2 Å². The summed E-state index contributed by atoms with van der Waals surface area (Å²) in [5, 5.41) is 16.7. The molecule has 0 saturated heterocycles. The largest absolute Gasteiger partial charge is 0.508 e. The summed E-state index contributed by atoms with van der Waals surface area (Å²) >= 11 is 0. The van der Waals surface area contributed by atoms with E-state index in [4.69, 9.17) is 5.11 Å². The van der Waals surface area contributed by atoms with Crippen LogP contribution in [0.1, 0.15) is 69.9 Å². The van der Waals surface area contributed by atoms with Crippen molar-refractivity contribution in [2.45, 2.75) is 72.1 Å². The van der Waals surface area contributed by atoms with Crippen molar-refractivity contribution < 1.29 is 10.2 Å². The molecule has 4 unspecified atom stereocenters. The van der Waals surface area contributed by atoms with Gasteiger partial charge in [-0.1, -0.05) is 39.2 Å². The van der Waals surface area contributed by atoms with Crippen LogP contribution in [0, 0.1) is 30.1 Å². The van der Waals surface area contributed by atoms with Crippen molar-refractivity contribution in [1.29, 1.82) is 0 Å². The van der Waals surface area contributed by atoms with Crippen LogP contribution in [0.2, 0.25) is 0 Å². The molecule has 4 atom stereocenters. The summed E-state index contributed by atoms with van der Waals surface area (Å²) in [5.41, 5.74) is 3.29. The van der Waals surface area contributed by atoms with Crippen LogP contribution in [0.4, 0.5) is 0 Å². The molecule has 1 aromatic carbocycles. The van der Waals surface area contributed by atoms with Crippen molar-refractivity contribution in [3.8, 4) is 5.75 Å². The molecule has 24 heavy (non-hydrogen) atoms.